The van der Waals surface area contributed by atoms with Gasteiger partial charge in [0.2, 0.25) is 0 Å². The minimum atomic E-state index is 0.680. The standard InChI is InChI=1S/C12H22S2/c1-3-11-13-8-10-6-4-5-7-12(10,2)9-14-11/h10-11H,3-9H2,1-2H3. The zero-order valence-corrected chi connectivity index (χ0v) is 11.1. The van der Waals surface area contributed by atoms with E-state index in [0.717, 1.165) is 10.5 Å². The summed E-state index contributed by atoms with van der Waals surface area (Å²) in [6, 6.07) is 0. The molecule has 2 rings (SSSR count). The van der Waals surface area contributed by atoms with E-state index in [1.165, 1.54) is 43.6 Å². The summed E-state index contributed by atoms with van der Waals surface area (Å²) in [5.41, 5.74) is 0.680. The molecular formula is C12H22S2. The average molecular weight is 230 g/mol. The van der Waals surface area contributed by atoms with Crippen molar-refractivity contribution in [2.24, 2.45) is 11.3 Å². The Morgan fingerprint density at radius 3 is 2.93 bits per heavy atom. The van der Waals surface area contributed by atoms with Crippen LogP contribution >= 0.6 is 23.5 Å². The summed E-state index contributed by atoms with van der Waals surface area (Å²) in [5.74, 6) is 3.87. The first-order chi connectivity index (χ1) is 6.74. The number of hydrogen-bond donors (Lipinski definition) is 0. The van der Waals surface area contributed by atoms with Crippen molar-refractivity contribution in [3.63, 3.8) is 0 Å². The van der Waals surface area contributed by atoms with Gasteiger partial charge in [-0.15, -0.1) is 23.5 Å². The molecule has 1 aliphatic heterocycles. The largest absolute Gasteiger partial charge is 0.147 e. The highest BCUT2D eigenvalue weighted by Crippen LogP contribution is 2.49. The fourth-order valence-electron chi connectivity index (χ4n) is 2.74. The Hall–Kier alpha value is 0.700. The molecule has 0 aromatic rings. The Kier molecular flexibility index (Phi) is 3.75. The lowest BCUT2D eigenvalue weighted by Gasteiger charge is -2.39. The zero-order chi connectivity index (χ0) is 10.0. The van der Waals surface area contributed by atoms with E-state index in [1.54, 1.807) is 0 Å². The molecule has 0 aromatic heterocycles. The van der Waals surface area contributed by atoms with E-state index in [0.29, 0.717) is 5.41 Å². The Bertz CT molecular complexity index is 193. The Labute approximate surface area is 97.0 Å². The van der Waals surface area contributed by atoms with Crippen molar-refractivity contribution in [1.82, 2.24) is 0 Å². The van der Waals surface area contributed by atoms with E-state index in [9.17, 15) is 0 Å². The zero-order valence-electron chi connectivity index (χ0n) is 9.42. The predicted octanol–water partition coefficient (Wildman–Crippen LogP) is 4.40. The molecule has 2 heteroatoms. The highest BCUT2D eigenvalue weighted by atomic mass is 32.2. The molecule has 0 spiro atoms. The summed E-state index contributed by atoms with van der Waals surface area (Å²) in [4.78, 5) is 0. The maximum atomic E-state index is 2.54. The third-order valence-corrected chi connectivity index (χ3v) is 7.60. The molecule has 0 bridgehead atoms. The first-order valence-corrected chi connectivity index (χ1v) is 8.07. The van der Waals surface area contributed by atoms with Crippen LogP contribution in [0.5, 0.6) is 0 Å². The molecule has 1 heterocycles. The van der Waals surface area contributed by atoms with Crippen molar-refractivity contribution in [2.45, 2.75) is 50.5 Å². The van der Waals surface area contributed by atoms with E-state index in [2.05, 4.69) is 37.4 Å². The first-order valence-electron chi connectivity index (χ1n) is 5.98. The third-order valence-electron chi connectivity index (χ3n) is 3.95. The molecule has 2 fully saturated rings. The van der Waals surface area contributed by atoms with Crippen molar-refractivity contribution in [3.8, 4) is 0 Å². The molecule has 0 amide bonds. The molecule has 3 atom stereocenters. The summed E-state index contributed by atoms with van der Waals surface area (Å²) < 4.78 is 0.887. The molecule has 1 saturated heterocycles. The quantitative estimate of drug-likeness (QED) is 0.655. The maximum Gasteiger partial charge on any atom is 0.0500 e. The Morgan fingerprint density at radius 1 is 1.29 bits per heavy atom. The van der Waals surface area contributed by atoms with Crippen molar-refractivity contribution in [2.75, 3.05) is 11.5 Å². The summed E-state index contributed by atoms with van der Waals surface area (Å²) >= 11 is 4.46. The lowest BCUT2D eigenvalue weighted by atomic mass is 9.69. The van der Waals surface area contributed by atoms with E-state index in [4.69, 9.17) is 0 Å². The first kappa shape index (κ1) is 11.2. The molecule has 0 nitrogen and oxygen atoms in total. The van der Waals surface area contributed by atoms with E-state index in [-0.39, 0.29) is 0 Å². The van der Waals surface area contributed by atoms with Crippen LogP contribution in [-0.4, -0.2) is 16.1 Å². The lowest BCUT2D eigenvalue weighted by Crippen LogP contribution is -2.33. The molecule has 3 unspecified atom stereocenters. The Morgan fingerprint density at radius 2 is 2.14 bits per heavy atom. The topological polar surface area (TPSA) is 0 Å². The van der Waals surface area contributed by atoms with Gasteiger partial charge in [0.25, 0.3) is 0 Å². The van der Waals surface area contributed by atoms with Crippen LogP contribution < -0.4 is 0 Å². The summed E-state index contributed by atoms with van der Waals surface area (Å²) in [6.07, 6.45) is 7.30. The summed E-state index contributed by atoms with van der Waals surface area (Å²) in [6.45, 7) is 4.88. The Balaban J connectivity index is 2.03. The van der Waals surface area contributed by atoms with Gasteiger partial charge in [-0.2, -0.15) is 0 Å². The van der Waals surface area contributed by atoms with Gasteiger partial charge < -0.3 is 0 Å². The van der Waals surface area contributed by atoms with Gasteiger partial charge in [-0.3, -0.25) is 0 Å². The monoisotopic (exact) mass is 230 g/mol. The minimum absolute atomic E-state index is 0.680. The fraction of sp³-hybridized carbons (Fsp3) is 1.00. The number of hydrogen-bond acceptors (Lipinski definition) is 2. The van der Waals surface area contributed by atoms with Crippen molar-refractivity contribution in [1.29, 1.82) is 0 Å². The second-order valence-corrected chi connectivity index (χ2v) is 7.80. The molecule has 82 valence electrons. The second-order valence-electron chi connectivity index (χ2n) is 5.08. The van der Waals surface area contributed by atoms with Gasteiger partial charge in [0, 0.05) is 10.3 Å². The molecule has 14 heavy (non-hydrogen) atoms. The average Bonchev–Trinajstić information content (AvgIpc) is 2.36. The number of fused-ring (bicyclic) bond motifs is 1. The van der Waals surface area contributed by atoms with Crippen LogP contribution in [0, 0.1) is 11.3 Å². The highest BCUT2D eigenvalue weighted by Gasteiger charge is 2.39. The van der Waals surface area contributed by atoms with E-state index < -0.39 is 0 Å². The molecule has 1 saturated carbocycles. The van der Waals surface area contributed by atoms with Gasteiger partial charge in [0.05, 0.1) is 0 Å². The molecule has 1 aliphatic carbocycles. The van der Waals surface area contributed by atoms with Crippen molar-refractivity contribution in [3.05, 3.63) is 0 Å². The molecule has 0 aromatic carbocycles. The van der Waals surface area contributed by atoms with Gasteiger partial charge >= 0.3 is 0 Å². The summed E-state index contributed by atoms with van der Waals surface area (Å²) in [7, 11) is 0. The van der Waals surface area contributed by atoms with Crippen LogP contribution in [0.3, 0.4) is 0 Å². The smallest absolute Gasteiger partial charge is 0.0500 e. The van der Waals surface area contributed by atoms with Crippen LogP contribution in [-0.2, 0) is 0 Å². The normalized spacial score (nSPS) is 44.1. The third kappa shape index (κ3) is 2.27. The van der Waals surface area contributed by atoms with Crippen LogP contribution in [0.1, 0.15) is 46.0 Å². The van der Waals surface area contributed by atoms with Gasteiger partial charge in [0.1, 0.15) is 0 Å². The number of rotatable bonds is 1. The van der Waals surface area contributed by atoms with E-state index >= 15 is 0 Å². The van der Waals surface area contributed by atoms with Crippen molar-refractivity contribution < 1.29 is 0 Å². The maximum absolute atomic E-state index is 2.54. The van der Waals surface area contributed by atoms with Gasteiger partial charge in [0.15, 0.2) is 0 Å². The van der Waals surface area contributed by atoms with Crippen LogP contribution in [0.4, 0.5) is 0 Å². The molecule has 0 radical (unpaired) electrons. The fourth-order valence-corrected chi connectivity index (χ4v) is 6.00. The predicted molar refractivity (Wildman–Crippen MR) is 69.1 cm³/mol. The second kappa shape index (κ2) is 4.69. The van der Waals surface area contributed by atoms with Gasteiger partial charge in [-0.25, -0.2) is 0 Å². The highest BCUT2D eigenvalue weighted by molar-refractivity contribution is 8.17. The van der Waals surface area contributed by atoms with Gasteiger partial charge in [-0.1, -0.05) is 26.7 Å². The summed E-state index contributed by atoms with van der Waals surface area (Å²) in [5, 5.41) is 0. The SMILES string of the molecule is CCC1SCC2CCCCC2(C)CS1. The lowest BCUT2D eigenvalue weighted by molar-refractivity contribution is 0.165. The van der Waals surface area contributed by atoms with Crippen LogP contribution in [0.2, 0.25) is 0 Å². The number of thioether (sulfide) groups is 2. The molecule has 0 N–H and O–H groups in total. The molecule has 2 aliphatic rings. The van der Waals surface area contributed by atoms with Crippen LogP contribution in [0.25, 0.3) is 0 Å². The van der Waals surface area contributed by atoms with Gasteiger partial charge in [-0.05, 0) is 36.3 Å². The van der Waals surface area contributed by atoms with Crippen molar-refractivity contribution >= 4 is 23.5 Å². The molecular weight excluding hydrogens is 208 g/mol. The van der Waals surface area contributed by atoms with E-state index in [1.807, 2.05) is 0 Å². The van der Waals surface area contributed by atoms with Crippen LogP contribution in [0.15, 0.2) is 0 Å². The minimum Gasteiger partial charge on any atom is -0.147 e.